The van der Waals surface area contributed by atoms with E-state index in [2.05, 4.69) is 46.4 Å². The summed E-state index contributed by atoms with van der Waals surface area (Å²) in [5.41, 5.74) is 4.08. The van der Waals surface area contributed by atoms with Crippen LogP contribution < -0.4 is 0 Å². The van der Waals surface area contributed by atoms with Crippen molar-refractivity contribution in [1.82, 2.24) is 0 Å². The molecule has 7 atom stereocenters. The van der Waals surface area contributed by atoms with E-state index in [4.69, 9.17) is 4.74 Å². The molecular formula is C27H42O3. The lowest BCUT2D eigenvalue weighted by atomic mass is 9.59. The van der Waals surface area contributed by atoms with Gasteiger partial charge in [0.15, 0.2) is 0 Å². The predicted molar refractivity (Wildman–Crippen MR) is 122 cm³/mol. The quantitative estimate of drug-likeness (QED) is 0.578. The van der Waals surface area contributed by atoms with Gasteiger partial charge in [-0.25, -0.2) is 0 Å². The minimum atomic E-state index is -0.606. The van der Waals surface area contributed by atoms with Gasteiger partial charge >= 0.3 is 0 Å². The lowest BCUT2D eigenvalue weighted by Crippen LogP contribution is -2.37. The van der Waals surface area contributed by atoms with E-state index in [-0.39, 0.29) is 5.41 Å². The second kappa shape index (κ2) is 8.22. The third-order valence-corrected chi connectivity index (χ3v) is 9.04. The Bertz CT molecular complexity index is 728. The lowest BCUT2D eigenvalue weighted by Gasteiger charge is -2.45. The molecule has 0 aromatic rings. The van der Waals surface area contributed by atoms with Crippen molar-refractivity contribution >= 4 is 0 Å². The fraction of sp³-hybridized carbons (Fsp3) is 0.778. The van der Waals surface area contributed by atoms with Crippen molar-refractivity contribution in [3.8, 4) is 0 Å². The van der Waals surface area contributed by atoms with Crippen LogP contribution in [0, 0.1) is 28.6 Å². The van der Waals surface area contributed by atoms with Crippen LogP contribution in [0.25, 0.3) is 0 Å². The second-order valence-corrected chi connectivity index (χ2v) is 11.7. The molecule has 4 aliphatic rings. The first kappa shape index (κ1) is 22.3. The van der Waals surface area contributed by atoms with Crippen LogP contribution >= 0.6 is 0 Å². The van der Waals surface area contributed by atoms with E-state index in [0.29, 0.717) is 30.3 Å². The Kier molecular flexibility index (Phi) is 6.11. The third kappa shape index (κ3) is 4.23. The van der Waals surface area contributed by atoms with Crippen LogP contribution in [0.1, 0.15) is 79.1 Å². The molecule has 1 saturated heterocycles. The molecule has 1 aliphatic heterocycles. The number of hydrogen-bond acceptors (Lipinski definition) is 3. The number of ether oxygens (including phenoxy) is 1. The summed E-state index contributed by atoms with van der Waals surface area (Å²) in [5, 5.41) is 20.2. The maximum atomic E-state index is 10.1. The summed E-state index contributed by atoms with van der Waals surface area (Å²) in [6, 6.07) is 0. The van der Waals surface area contributed by atoms with Gasteiger partial charge < -0.3 is 14.9 Å². The number of aliphatic hydroxyl groups excluding tert-OH is 2. The molecule has 2 N–H and O–H groups in total. The Morgan fingerprint density at radius 2 is 2.00 bits per heavy atom. The van der Waals surface area contributed by atoms with E-state index in [1.54, 1.807) is 5.57 Å². The molecule has 168 valence electrons. The highest BCUT2D eigenvalue weighted by molar-refractivity contribution is 5.38. The highest BCUT2D eigenvalue weighted by Gasteiger charge is 2.52. The van der Waals surface area contributed by atoms with E-state index < -0.39 is 12.2 Å². The summed E-state index contributed by atoms with van der Waals surface area (Å²) in [7, 11) is 0. The fourth-order valence-electron chi connectivity index (χ4n) is 7.28. The van der Waals surface area contributed by atoms with Gasteiger partial charge in [0.1, 0.15) is 0 Å². The summed E-state index contributed by atoms with van der Waals surface area (Å²) in [4.78, 5) is 0. The van der Waals surface area contributed by atoms with Crippen LogP contribution in [0.4, 0.5) is 0 Å². The molecule has 4 fully saturated rings. The van der Waals surface area contributed by atoms with Crippen molar-refractivity contribution in [2.75, 3.05) is 6.61 Å². The highest BCUT2D eigenvalue weighted by Crippen LogP contribution is 2.60. The summed E-state index contributed by atoms with van der Waals surface area (Å²) < 4.78 is 5.64. The lowest BCUT2D eigenvalue weighted by molar-refractivity contribution is 0.0703. The zero-order valence-corrected chi connectivity index (χ0v) is 19.5. The molecule has 0 amide bonds. The maximum absolute atomic E-state index is 10.1. The van der Waals surface area contributed by atoms with E-state index in [1.807, 2.05) is 0 Å². The summed E-state index contributed by atoms with van der Waals surface area (Å²) >= 11 is 0. The van der Waals surface area contributed by atoms with Crippen molar-refractivity contribution in [3.05, 3.63) is 35.5 Å². The SMILES string of the molecule is C=C1/C(=C/C=C2\CCC[C@]3(C)[C@@H]([C@H](C)CC(C)(C)C4CO4)CC[C@@H]23)C[C@@H](O)C[C@@H]1O. The van der Waals surface area contributed by atoms with E-state index in [9.17, 15) is 10.2 Å². The average Bonchev–Trinajstić information content (AvgIpc) is 3.46. The van der Waals surface area contributed by atoms with Crippen molar-refractivity contribution in [2.24, 2.45) is 28.6 Å². The van der Waals surface area contributed by atoms with Crippen molar-refractivity contribution in [1.29, 1.82) is 0 Å². The molecular weight excluding hydrogens is 372 g/mol. The first-order valence-electron chi connectivity index (χ1n) is 12.2. The zero-order chi connectivity index (χ0) is 21.7. The molecule has 0 aromatic carbocycles. The first-order chi connectivity index (χ1) is 14.1. The molecule has 0 radical (unpaired) electrons. The van der Waals surface area contributed by atoms with Gasteiger partial charge in [-0.1, -0.05) is 52.0 Å². The van der Waals surface area contributed by atoms with E-state index in [0.717, 1.165) is 29.6 Å². The van der Waals surface area contributed by atoms with Crippen molar-refractivity contribution in [2.45, 2.75) is 97.4 Å². The average molecular weight is 415 g/mol. The first-order valence-corrected chi connectivity index (χ1v) is 12.2. The minimum absolute atomic E-state index is 0.286. The Morgan fingerprint density at radius 3 is 2.70 bits per heavy atom. The number of aliphatic hydroxyl groups is 2. The Morgan fingerprint density at radius 1 is 1.27 bits per heavy atom. The van der Waals surface area contributed by atoms with Gasteiger partial charge in [-0.05, 0) is 84.7 Å². The zero-order valence-electron chi connectivity index (χ0n) is 19.5. The Labute approximate surface area is 183 Å². The van der Waals surface area contributed by atoms with Crippen LogP contribution in [0.2, 0.25) is 0 Å². The van der Waals surface area contributed by atoms with Crippen molar-refractivity contribution in [3.63, 3.8) is 0 Å². The third-order valence-electron chi connectivity index (χ3n) is 9.04. The van der Waals surface area contributed by atoms with Crippen LogP contribution in [0.3, 0.4) is 0 Å². The van der Waals surface area contributed by atoms with E-state index in [1.165, 1.54) is 38.5 Å². The molecule has 1 unspecified atom stereocenters. The molecule has 3 saturated carbocycles. The molecule has 0 spiro atoms. The number of rotatable bonds is 5. The maximum Gasteiger partial charge on any atom is 0.0860 e. The van der Waals surface area contributed by atoms with Gasteiger partial charge in [-0.2, -0.15) is 0 Å². The van der Waals surface area contributed by atoms with Crippen LogP contribution in [0.15, 0.2) is 35.5 Å². The number of fused-ring (bicyclic) bond motifs is 1. The summed E-state index contributed by atoms with van der Waals surface area (Å²) in [5.74, 6) is 2.17. The van der Waals surface area contributed by atoms with Crippen LogP contribution in [0.5, 0.6) is 0 Å². The smallest absolute Gasteiger partial charge is 0.0860 e. The number of hydrogen-bond donors (Lipinski definition) is 2. The highest BCUT2D eigenvalue weighted by atomic mass is 16.6. The molecule has 30 heavy (non-hydrogen) atoms. The summed E-state index contributed by atoms with van der Waals surface area (Å²) in [6.45, 7) is 14.8. The van der Waals surface area contributed by atoms with Gasteiger partial charge in [0.05, 0.1) is 24.9 Å². The van der Waals surface area contributed by atoms with Crippen LogP contribution in [-0.4, -0.2) is 35.1 Å². The van der Waals surface area contributed by atoms with Gasteiger partial charge in [-0.3, -0.25) is 0 Å². The second-order valence-electron chi connectivity index (χ2n) is 11.7. The number of epoxide rings is 1. The molecule has 3 aliphatic carbocycles. The minimum Gasteiger partial charge on any atom is -0.393 e. The standard InChI is InChI=1S/C27H42O3/c1-17(15-26(3,4)25-16-30-25)22-10-11-23-19(7-6-12-27(22,23)5)8-9-20-13-21(28)14-24(29)18(20)2/h8-9,17,21-25,28-29H,2,6-7,10-16H2,1,3-5H3/b19-8+,20-9+/t17-,21-,22-,23+,24+,25?,27-/m1/s1. The van der Waals surface area contributed by atoms with Gasteiger partial charge in [0, 0.05) is 6.42 Å². The monoisotopic (exact) mass is 414 g/mol. The molecule has 0 bridgehead atoms. The van der Waals surface area contributed by atoms with Gasteiger partial charge in [0.25, 0.3) is 0 Å². The molecule has 3 heteroatoms. The Hall–Kier alpha value is -0.900. The molecule has 3 nitrogen and oxygen atoms in total. The molecule has 1 heterocycles. The Balaban J connectivity index is 1.50. The van der Waals surface area contributed by atoms with Crippen LogP contribution in [-0.2, 0) is 4.74 Å². The van der Waals surface area contributed by atoms with Gasteiger partial charge in [-0.15, -0.1) is 0 Å². The molecule has 0 aromatic heterocycles. The van der Waals surface area contributed by atoms with E-state index >= 15 is 0 Å². The summed E-state index contributed by atoms with van der Waals surface area (Å²) in [6.07, 6.45) is 12.6. The largest absolute Gasteiger partial charge is 0.393 e. The normalized spacial score (nSPS) is 43.1. The topological polar surface area (TPSA) is 53.0 Å². The molecule has 4 rings (SSSR count). The predicted octanol–water partition coefficient (Wildman–Crippen LogP) is 5.58. The number of allylic oxidation sites excluding steroid dienone is 3. The van der Waals surface area contributed by atoms with Crippen molar-refractivity contribution < 1.29 is 14.9 Å². The fourth-order valence-corrected chi connectivity index (χ4v) is 7.28. The van der Waals surface area contributed by atoms with Gasteiger partial charge in [0.2, 0.25) is 0 Å².